The fourth-order valence-corrected chi connectivity index (χ4v) is 2.30. The van der Waals surface area contributed by atoms with E-state index in [1.165, 1.54) is 0 Å². The minimum atomic E-state index is -1.08. The Bertz CT molecular complexity index is 682. The highest BCUT2D eigenvalue weighted by Gasteiger charge is 2.22. The van der Waals surface area contributed by atoms with E-state index in [-0.39, 0.29) is 38.8 Å². The Kier molecular flexibility index (Phi) is 11.0. The van der Waals surface area contributed by atoms with Gasteiger partial charge in [0.25, 0.3) is 0 Å². The summed E-state index contributed by atoms with van der Waals surface area (Å²) in [5.41, 5.74) is 5.88. The molecule has 29 heavy (non-hydrogen) atoms. The molecule has 3 amide bonds. The van der Waals surface area contributed by atoms with Crippen LogP contribution in [0.25, 0.3) is 0 Å². The number of aliphatic hydroxyl groups is 2. The van der Waals surface area contributed by atoms with Gasteiger partial charge in [-0.15, -0.1) is 0 Å². The molecule has 0 spiro atoms. The second-order valence-corrected chi connectivity index (χ2v) is 6.37. The predicted molar refractivity (Wildman–Crippen MR) is 102 cm³/mol. The van der Waals surface area contributed by atoms with Crippen LogP contribution in [0, 0.1) is 0 Å². The lowest BCUT2D eigenvalue weighted by atomic mass is 10.0. The Morgan fingerprint density at radius 3 is 2.38 bits per heavy atom. The van der Waals surface area contributed by atoms with Gasteiger partial charge >= 0.3 is 6.09 Å². The fourth-order valence-electron chi connectivity index (χ4n) is 2.30. The maximum Gasteiger partial charge on any atom is 0.408 e. The quantitative estimate of drug-likeness (QED) is 0.289. The number of rotatable bonds is 13. The second-order valence-electron chi connectivity index (χ2n) is 6.37. The lowest BCUT2D eigenvalue weighted by molar-refractivity contribution is -0.127. The van der Waals surface area contributed by atoms with E-state index < -0.39 is 42.4 Å². The summed E-state index contributed by atoms with van der Waals surface area (Å²) in [6.45, 7) is -0.624. The zero-order valence-electron chi connectivity index (χ0n) is 16.0. The monoisotopic (exact) mass is 409 g/mol. The van der Waals surface area contributed by atoms with Crippen molar-refractivity contribution in [1.82, 2.24) is 10.6 Å². The minimum Gasteiger partial charge on any atom is -0.445 e. The van der Waals surface area contributed by atoms with E-state index in [1.54, 1.807) is 24.3 Å². The Morgan fingerprint density at radius 2 is 1.76 bits per heavy atom. The molecule has 0 aliphatic rings. The van der Waals surface area contributed by atoms with Gasteiger partial charge < -0.3 is 31.3 Å². The van der Waals surface area contributed by atoms with Crippen LogP contribution in [-0.2, 0) is 25.7 Å². The number of aliphatic hydroxyl groups excluding tert-OH is 2. The molecule has 0 aliphatic heterocycles. The third kappa shape index (κ3) is 10.8. The van der Waals surface area contributed by atoms with Crippen molar-refractivity contribution in [2.75, 3.05) is 13.2 Å². The number of primary amides is 1. The van der Waals surface area contributed by atoms with Crippen LogP contribution in [0.3, 0.4) is 0 Å². The molecule has 0 aromatic heterocycles. The number of nitrogens with two attached hydrogens (primary N) is 1. The first-order valence-electron chi connectivity index (χ1n) is 9.15. The second kappa shape index (κ2) is 13.2. The number of nitrogens with one attached hydrogen (secondary N) is 2. The Hall–Kier alpha value is -2.98. The summed E-state index contributed by atoms with van der Waals surface area (Å²) in [4.78, 5) is 47.1. The van der Waals surface area contributed by atoms with Crippen molar-refractivity contribution in [2.24, 2.45) is 5.73 Å². The Balaban J connectivity index is 2.52. The molecule has 1 rings (SSSR count). The summed E-state index contributed by atoms with van der Waals surface area (Å²) in [5.74, 6) is -1.58. The van der Waals surface area contributed by atoms with E-state index in [1.807, 2.05) is 6.07 Å². The number of amides is 3. The summed E-state index contributed by atoms with van der Waals surface area (Å²) in [7, 11) is 0. The van der Waals surface area contributed by atoms with E-state index in [9.17, 15) is 24.3 Å². The number of alkyl carbamates (subject to hydrolysis) is 1. The first-order valence-corrected chi connectivity index (χ1v) is 9.15. The van der Waals surface area contributed by atoms with E-state index in [4.69, 9.17) is 15.6 Å². The lowest BCUT2D eigenvalue weighted by Crippen LogP contribution is -2.42. The third-order valence-corrected chi connectivity index (χ3v) is 3.92. The predicted octanol–water partition coefficient (Wildman–Crippen LogP) is -0.634. The van der Waals surface area contributed by atoms with E-state index >= 15 is 0 Å². The van der Waals surface area contributed by atoms with Crippen LogP contribution in [0.5, 0.6) is 0 Å². The minimum absolute atomic E-state index is 0.0129. The van der Waals surface area contributed by atoms with Gasteiger partial charge in [-0.25, -0.2) is 4.79 Å². The molecule has 1 aromatic carbocycles. The van der Waals surface area contributed by atoms with Gasteiger partial charge in [-0.05, 0) is 12.0 Å². The number of benzene rings is 1. The number of ketones is 1. The smallest absolute Gasteiger partial charge is 0.408 e. The van der Waals surface area contributed by atoms with E-state index in [0.717, 1.165) is 5.56 Å². The number of carbonyl (C=O) groups is 4. The number of Topliss-reactive ketones (excluding diaryl/α,β-unsaturated/α-hetero) is 1. The largest absolute Gasteiger partial charge is 0.445 e. The number of hydrogen-bond acceptors (Lipinski definition) is 7. The molecular weight excluding hydrogens is 382 g/mol. The van der Waals surface area contributed by atoms with Crippen molar-refractivity contribution in [3.8, 4) is 0 Å². The van der Waals surface area contributed by atoms with Crippen molar-refractivity contribution in [3.63, 3.8) is 0 Å². The van der Waals surface area contributed by atoms with E-state index in [2.05, 4.69) is 10.6 Å². The summed E-state index contributed by atoms with van der Waals surface area (Å²) in [6.07, 6.45) is -2.41. The SMILES string of the molecule is NC(=O)CC[C@H](NC(=O)OCc1ccccc1)C(=O)CCC(=O)NCC(O)CO. The first-order chi connectivity index (χ1) is 13.8. The van der Waals surface area contributed by atoms with Gasteiger partial charge in [0.2, 0.25) is 11.8 Å². The molecule has 0 fully saturated rings. The molecule has 6 N–H and O–H groups in total. The van der Waals surface area contributed by atoms with Gasteiger partial charge in [0.15, 0.2) is 5.78 Å². The average Bonchev–Trinajstić information content (AvgIpc) is 2.72. The summed E-state index contributed by atoms with van der Waals surface area (Å²) >= 11 is 0. The maximum atomic E-state index is 12.4. The van der Waals surface area contributed by atoms with Crippen LogP contribution in [-0.4, -0.2) is 59.2 Å². The number of carbonyl (C=O) groups excluding carboxylic acids is 4. The van der Waals surface area contributed by atoms with Gasteiger partial charge in [0, 0.05) is 25.8 Å². The first kappa shape index (κ1) is 24.1. The zero-order valence-corrected chi connectivity index (χ0v) is 16.0. The van der Waals surface area contributed by atoms with Crippen molar-refractivity contribution in [2.45, 2.75) is 44.4 Å². The molecule has 10 heteroatoms. The molecule has 0 heterocycles. The molecule has 1 aromatic rings. The average molecular weight is 409 g/mol. The summed E-state index contributed by atoms with van der Waals surface area (Å²) in [5, 5.41) is 22.7. The molecule has 0 aliphatic carbocycles. The fraction of sp³-hybridized carbons (Fsp3) is 0.474. The van der Waals surface area contributed by atoms with Crippen LogP contribution in [0.15, 0.2) is 30.3 Å². The number of hydrogen-bond donors (Lipinski definition) is 5. The zero-order chi connectivity index (χ0) is 21.6. The third-order valence-electron chi connectivity index (χ3n) is 3.92. The molecule has 0 saturated heterocycles. The molecule has 1 unspecified atom stereocenters. The van der Waals surface area contributed by atoms with Crippen LogP contribution in [0.4, 0.5) is 4.79 Å². The van der Waals surface area contributed by atoms with Crippen LogP contribution < -0.4 is 16.4 Å². The van der Waals surface area contributed by atoms with Crippen molar-refractivity contribution < 1.29 is 34.1 Å². The molecule has 2 atom stereocenters. The molecule has 160 valence electrons. The van der Waals surface area contributed by atoms with Crippen LogP contribution in [0.1, 0.15) is 31.2 Å². The standard InChI is InChI=1S/C19H27N3O7/c20-17(26)8-6-15(16(25)7-9-18(27)21-10-14(24)11-23)22-19(28)29-12-13-4-2-1-3-5-13/h1-5,14-15,23-24H,6-12H2,(H2,20,26)(H,21,27)(H,22,28)/t14?,15-/m0/s1. The van der Waals surface area contributed by atoms with Gasteiger partial charge in [-0.1, -0.05) is 30.3 Å². The highest BCUT2D eigenvalue weighted by molar-refractivity contribution is 5.90. The van der Waals surface area contributed by atoms with E-state index in [0.29, 0.717) is 0 Å². The van der Waals surface area contributed by atoms with Crippen molar-refractivity contribution in [3.05, 3.63) is 35.9 Å². The highest BCUT2D eigenvalue weighted by atomic mass is 16.5. The highest BCUT2D eigenvalue weighted by Crippen LogP contribution is 2.06. The summed E-state index contributed by atoms with van der Waals surface area (Å²) in [6, 6.07) is 7.93. The molecule has 0 bridgehead atoms. The summed E-state index contributed by atoms with van der Waals surface area (Å²) < 4.78 is 5.07. The van der Waals surface area contributed by atoms with Gasteiger partial charge in [0.1, 0.15) is 6.61 Å². The van der Waals surface area contributed by atoms with Crippen LogP contribution >= 0.6 is 0 Å². The topological polar surface area (TPSA) is 168 Å². The molecule has 0 radical (unpaired) electrons. The van der Waals surface area contributed by atoms with Gasteiger partial charge in [-0.2, -0.15) is 0 Å². The Morgan fingerprint density at radius 1 is 1.07 bits per heavy atom. The Labute approximate surface area is 168 Å². The van der Waals surface area contributed by atoms with Crippen molar-refractivity contribution >= 4 is 23.7 Å². The van der Waals surface area contributed by atoms with Gasteiger partial charge in [-0.3, -0.25) is 14.4 Å². The molecule has 10 nitrogen and oxygen atoms in total. The normalized spacial score (nSPS) is 12.5. The van der Waals surface area contributed by atoms with Crippen LogP contribution in [0.2, 0.25) is 0 Å². The molecule has 0 saturated carbocycles. The molecular formula is C19H27N3O7. The van der Waals surface area contributed by atoms with Gasteiger partial charge in [0.05, 0.1) is 18.8 Å². The van der Waals surface area contributed by atoms with Crippen molar-refractivity contribution in [1.29, 1.82) is 0 Å². The maximum absolute atomic E-state index is 12.4. The number of ether oxygens (including phenoxy) is 1. The lowest BCUT2D eigenvalue weighted by Gasteiger charge is -2.17.